The zero-order valence-electron chi connectivity index (χ0n) is 25.0. The zero-order chi connectivity index (χ0) is 30.9. The van der Waals surface area contributed by atoms with E-state index in [2.05, 4.69) is 5.32 Å². The highest BCUT2D eigenvalue weighted by molar-refractivity contribution is 6.30. The Kier molecular flexibility index (Phi) is 12.2. The van der Waals surface area contributed by atoms with Crippen molar-refractivity contribution in [3.05, 3.63) is 87.7 Å². The van der Waals surface area contributed by atoms with Crippen LogP contribution in [0.2, 0.25) is 5.02 Å². The first-order valence-corrected chi connectivity index (χ1v) is 14.9. The highest BCUT2D eigenvalue weighted by atomic mass is 35.5. The van der Waals surface area contributed by atoms with Crippen LogP contribution in [0.4, 0.5) is 4.39 Å². The van der Waals surface area contributed by atoms with Gasteiger partial charge in [-0.2, -0.15) is 0 Å². The quantitative estimate of drug-likeness (QED) is 0.261. The molecule has 1 aliphatic rings. The second-order valence-corrected chi connectivity index (χ2v) is 11.5. The van der Waals surface area contributed by atoms with Gasteiger partial charge < -0.3 is 25.8 Å². The third-order valence-corrected chi connectivity index (χ3v) is 7.92. The number of rotatable bonds is 15. The van der Waals surface area contributed by atoms with Crippen molar-refractivity contribution in [3.8, 4) is 5.75 Å². The molecule has 42 heavy (non-hydrogen) atoms. The van der Waals surface area contributed by atoms with E-state index in [4.69, 9.17) is 22.1 Å². The van der Waals surface area contributed by atoms with E-state index in [0.717, 1.165) is 24.2 Å². The van der Waals surface area contributed by atoms with Crippen molar-refractivity contribution in [3.63, 3.8) is 0 Å². The first kappa shape index (κ1) is 33.3. The van der Waals surface area contributed by atoms with E-state index in [0.29, 0.717) is 36.3 Å². The largest absolute Gasteiger partial charge is 0.497 e. The third-order valence-electron chi connectivity index (χ3n) is 7.70. The van der Waals surface area contributed by atoms with Gasteiger partial charge in [0, 0.05) is 42.7 Å². The highest BCUT2D eigenvalue weighted by Gasteiger charge is 2.48. The van der Waals surface area contributed by atoms with Crippen LogP contribution in [0.15, 0.2) is 65.8 Å². The second kappa shape index (κ2) is 15.3. The summed E-state index contributed by atoms with van der Waals surface area (Å²) in [5.74, 6) is -1.39. The summed E-state index contributed by atoms with van der Waals surface area (Å²) in [6.45, 7) is 7.60. The Bertz CT molecular complexity index is 1290. The Labute approximate surface area is 253 Å². The van der Waals surface area contributed by atoms with E-state index in [-0.39, 0.29) is 30.3 Å². The molecule has 0 saturated heterocycles. The topological polar surface area (TPSA) is 105 Å². The zero-order valence-corrected chi connectivity index (χ0v) is 25.7. The molecule has 3 atom stereocenters. The predicted molar refractivity (Wildman–Crippen MR) is 165 cm³/mol. The number of hydrogen-bond donors (Lipinski definition) is 3. The highest BCUT2D eigenvalue weighted by Crippen LogP contribution is 2.44. The lowest BCUT2D eigenvalue weighted by Crippen LogP contribution is -2.51. The molecule has 9 heteroatoms. The summed E-state index contributed by atoms with van der Waals surface area (Å²) in [5, 5.41) is 15.2. The van der Waals surface area contributed by atoms with Gasteiger partial charge in [0.15, 0.2) is 0 Å². The Morgan fingerprint density at radius 1 is 1.17 bits per heavy atom. The van der Waals surface area contributed by atoms with Crippen LogP contribution in [0.1, 0.15) is 51.2 Å². The average Bonchev–Trinajstić information content (AvgIpc) is 2.94. The molecule has 0 fully saturated rings. The van der Waals surface area contributed by atoms with Crippen LogP contribution in [0, 0.1) is 17.2 Å². The molecule has 0 bridgehead atoms. The van der Waals surface area contributed by atoms with Gasteiger partial charge in [0.25, 0.3) is 0 Å². The van der Waals surface area contributed by atoms with Gasteiger partial charge >= 0.3 is 0 Å². The summed E-state index contributed by atoms with van der Waals surface area (Å²) in [4.78, 5) is 28.9. The average molecular weight is 600 g/mol. The Hall–Kier alpha value is -3.20. The number of nitrogens with two attached hydrogens (primary N) is 1. The molecule has 0 saturated carbocycles. The Balaban J connectivity index is 1.98. The van der Waals surface area contributed by atoms with Crippen LogP contribution in [0.5, 0.6) is 5.75 Å². The number of allylic oxidation sites excluding steroid dienone is 2. The summed E-state index contributed by atoms with van der Waals surface area (Å²) in [6, 6.07) is 11.7. The molecule has 2 aromatic carbocycles. The monoisotopic (exact) mass is 599 g/mol. The van der Waals surface area contributed by atoms with E-state index >= 15 is 0 Å². The van der Waals surface area contributed by atoms with Crippen molar-refractivity contribution in [1.29, 1.82) is 0 Å². The van der Waals surface area contributed by atoms with Gasteiger partial charge in [0.1, 0.15) is 11.6 Å². The minimum atomic E-state index is -1.40. The minimum absolute atomic E-state index is 0.0308. The number of nitrogens with one attached hydrogen (secondary N) is 1. The normalized spacial score (nSPS) is 18.1. The lowest BCUT2D eigenvalue weighted by atomic mass is 9.63. The Morgan fingerprint density at radius 2 is 1.88 bits per heavy atom. The second-order valence-electron chi connectivity index (χ2n) is 11.1. The fourth-order valence-corrected chi connectivity index (χ4v) is 6.09. The number of nitrogens with zero attached hydrogens (tertiary/aromatic N) is 1. The number of amides is 2. The lowest BCUT2D eigenvalue weighted by Gasteiger charge is -2.42. The number of benzene rings is 2. The number of aliphatic hydroxyl groups excluding tert-OH is 1. The van der Waals surface area contributed by atoms with Crippen LogP contribution in [0.3, 0.4) is 0 Å². The van der Waals surface area contributed by atoms with Gasteiger partial charge in [0.05, 0.1) is 18.6 Å². The minimum Gasteiger partial charge on any atom is -0.497 e. The summed E-state index contributed by atoms with van der Waals surface area (Å²) >= 11 is 6.17. The molecule has 1 aliphatic carbocycles. The lowest BCUT2D eigenvalue weighted by molar-refractivity contribution is -0.132. The molecule has 2 amide bonds. The molecule has 0 radical (unpaired) electrons. The number of aliphatic hydroxyl groups is 1. The van der Waals surface area contributed by atoms with Crippen molar-refractivity contribution in [2.75, 3.05) is 26.7 Å². The number of hydrogen-bond acceptors (Lipinski definition) is 5. The first-order valence-electron chi connectivity index (χ1n) is 14.5. The molecule has 2 aromatic rings. The predicted octanol–water partition coefficient (Wildman–Crippen LogP) is 5.19. The van der Waals surface area contributed by atoms with Crippen LogP contribution in [-0.4, -0.2) is 54.7 Å². The maximum absolute atomic E-state index is 14.4. The molecular formula is C33H43ClFN3O4. The number of carbonyl (C=O) groups is 2. The van der Waals surface area contributed by atoms with E-state index in [9.17, 15) is 19.1 Å². The molecule has 3 rings (SSSR count). The van der Waals surface area contributed by atoms with Crippen LogP contribution < -0.4 is 15.8 Å². The van der Waals surface area contributed by atoms with E-state index in [1.54, 1.807) is 30.2 Å². The summed E-state index contributed by atoms with van der Waals surface area (Å²) in [5.41, 5.74) is 7.39. The number of ether oxygens (including phenoxy) is 1. The summed E-state index contributed by atoms with van der Waals surface area (Å²) < 4.78 is 19.7. The van der Waals surface area contributed by atoms with Crippen molar-refractivity contribution < 1.29 is 23.8 Å². The van der Waals surface area contributed by atoms with Gasteiger partial charge in [0.2, 0.25) is 11.8 Å². The van der Waals surface area contributed by atoms with Gasteiger partial charge in [-0.15, -0.1) is 0 Å². The van der Waals surface area contributed by atoms with Gasteiger partial charge in [-0.3, -0.25) is 9.59 Å². The summed E-state index contributed by atoms with van der Waals surface area (Å²) in [6.07, 6.45) is 4.22. The van der Waals surface area contributed by atoms with E-state index in [1.807, 2.05) is 45.0 Å². The molecule has 0 spiro atoms. The molecule has 1 unspecified atom stereocenters. The van der Waals surface area contributed by atoms with Crippen molar-refractivity contribution in [2.45, 2.75) is 59.1 Å². The van der Waals surface area contributed by atoms with Crippen LogP contribution in [-0.2, 0) is 22.6 Å². The number of halogens is 2. The fourth-order valence-electron chi connectivity index (χ4n) is 5.85. The van der Waals surface area contributed by atoms with Crippen molar-refractivity contribution >= 4 is 23.4 Å². The van der Waals surface area contributed by atoms with Crippen molar-refractivity contribution in [1.82, 2.24) is 10.2 Å². The van der Waals surface area contributed by atoms with Gasteiger partial charge in [-0.1, -0.05) is 55.3 Å². The van der Waals surface area contributed by atoms with Crippen LogP contribution >= 0.6 is 11.6 Å². The molecule has 4 N–H and O–H groups in total. The van der Waals surface area contributed by atoms with Gasteiger partial charge in [-0.25, -0.2) is 4.39 Å². The van der Waals surface area contributed by atoms with E-state index in [1.165, 1.54) is 12.1 Å². The third kappa shape index (κ3) is 8.43. The standard InChI is InChI=1S/C33H43ClFN3O4/c1-5-10-38(11-6-2)31(40)25-12-22(3)18-33(19-25,32(36)41)29(16-24-13-26(34)17-27(35)14-24)30(39)21-37-20-23-8-7-9-28(15-23)42-4/h7-9,12-15,17-18,29-30,37,39H,5-6,10-11,16,19-21H2,1-4H3,(H2,36,41)/t29-,30+,33?/m1/s1. The number of primary amides is 1. The van der Waals surface area contributed by atoms with Crippen LogP contribution in [0.25, 0.3) is 0 Å². The van der Waals surface area contributed by atoms with Gasteiger partial charge in [-0.05, 0) is 74.1 Å². The molecule has 0 heterocycles. The van der Waals surface area contributed by atoms with E-state index < -0.39 is 29.2 Å². The first-order chi connectivity index (χ1) is 20.0. The Morgan fingerprint density at radius 3 is 2.50 bits per heavy atom. The number of methoxy groups -OCH3 is 1. The smallest absolute Gasteiger partial charge is 0.249 e. The maximum Gasteiger partial charge on any atom is 0.249 e. The molecular weight excluding hydrogens is 557 g/mol. The van der Waals surface area contributed by atoms with Crippen molar-refractivity contribution in [2.24, 2.45) is 17.1 Å². The molecule has 0 aliphatic heterocycles. The maximum atomic E-state index is 14.4. The number of carbonyl (C=O) groups excluding carboxylic acids is 2. The summed E-state index contributed by atoms with van der Waals surface area (Å²) in [7, 11) is 1.60. The fraction of sp³-hybridized carbons (Fsp3) is 0.455. The molecule has 0 aromatic heterocycles. The molecule has 228 valence electrons. The SMILES string of the molecule is CCCN(CCC)C(=O)C1=CC(C)=CC(C(N)=O)([C@H](Cc2cc(F)cc(Cl)c2)[C@@H](O)CNCc2cccc(OC)c2)C1. The molecule has 7 nitrogen and oxygen atoms in total.